The van der Waals surface area contributed by atoms with E-state index in [9.17, 15) is 0 Å². The number of nitrogens with zero attached hydrogens (tertiary/aromatic N) is 1. The van der Waals surface area contributed by atoms with Gasteiger partial charge in [-0.3, -0.25) is 0 Å². The van der Waals surface area contributed by atoms with Gasteiger partial charge in [-0.05, 0) is 12.1 Å². The second-order valence-corrected chi connectivity index (χ2v) is 4.45. The summed E-state index contributed by atoms with van der Waals surface area (Å²) in [5.74, 6) is 1.04. The van der Waals surface area contributed by atoms with Gasteiger partial charge in [0, 0.05) is 11.3 Å². The molecule has 3 nitrogen and oxygen atoms in total. The summed E-state index contributed by atoms with van der Waals surface area (Å²) >= 11 is 1.61. The molecule has 0 spiro atoms. The van der Waals surface area contributed by atoms with Crippen molar-refractivity contribution in [2.75, 3.05) is 6.61 Å². The van der Waals surface area contributed by atoms with Crippen molar-refractivity contribution < 1.29 is 9.52 Å². The Morgan fingerprint density at radius 2 is 2.47 bits per heavy atom. The fraction of sp³-hybridized carbons (Fsp3) is 0.364. The summed E-state index contributed by atoms with van der Waals surface area (Å²) < 4.78 is 5.25. The average Bonchev–Trinajstić information content (AvgIpc) is 2.88. The molecule has 4 heteroatoms. The molecule has 1 unspecified atom stereocenters. The molecule has 2 rings (SSSR count). The molecule has 15 heavy (non-hydrogen) atoms. The van der Waals surface area contributed by atoms with Crippen LogP contribution in [0, 0.1) is 0 Å². The van der Waals surface area contributed by atoms with Gasteiger partial charge in [0.1, 0.15) is 10.8 Å². The maximum atomic E-state index is 9.00. The number of aromatic nitrogens is 1. The molecule has 2 heterocycles. The van der Waals surface area contributed by atoms with Crippen LogP contribution >= 0.6 is 11.3 Å². The topological polar surface area (TPSA) is 46.3 Å². The standard InChI is InChI=1S/C11H13NO2S/c1-8(6-13)10-7-15-11(12-10)5-9-3-2-4-14-9/h2-4,7-8,13H,5-6H2,1H3. The summed E-state index contributed by atoms with van der Waals surface area (Å²) in [5, 5.41) is 12.0. The van der Waals surface area contributed by atoms with E-state index in [0.717, 1.165) is 22.9 Å². The van der Waals surface area contributed by atoms with Crippen LogP contribution in [-0.2, 0) is 6.42 Å². The third-order valence-electron chi connectivity index (χ3n) is 2.25. The Morgan fingerprint density at radius 3 is 3.13 bits per heavy atom. The highest BCUT2D eigenvalue weighted by molar-refractivity contribution is 7.09. The van der Waals surface area contributed by atoms with Gasteiger partial charge in [0.2, 0.25) is 0 Å². The van der Waals surface area contributed by atoms with E-state index in [1.165, 1.54) is 0 Å². The second kappa shape index (κ2) is 4.59. The van der Waals surface area contributed by atoms with Crippen LogP contribution in [0.3, 0.4) is 0 Å². The number of hydrogen-bond acceptors (Lipinski definition) is 4. The van der Waals surface area contributed by atoms with E-state index in [4.69, 9.17) is 9.52 Å². The lowest BCUT2D eigenvalue weighted by Gasteiger charge is -2.01. The van der Waals surface area contributed by atoms with Gasteiger partial charge < -0.3 is 9.52 Å². The first-order valence-corrected chi connectivity index (χ1v) is 5.75. The van der Waals surface area contributed by atoms with E-state index in [2.05, 4.69) is 4.98 Å². The summed E-state index contributed by atoms with van der Waals surface area (Å²) in [5.41, 5.74) is 0.962. The minimum atomic E-state index is 0.117. The summed E-state index contributed by atoms with van der Waals surface area (Å²) in [6, 6.07) is 3.82. The molecule has 0 amide bonds. The van der Waals surface area contributed by atoms with E-state index in [-0.39, 0.29) is 12.5 Å². The molecule has 2 aromatic rings. The van der Waals surface area contributed by atoms with Gasteiger partial charge in [-0.25, -0.2) is 4.98 Å². The zero-order valence-corrected chi connectivity index (χ0v) is 9.33. The Hall–Kier alpha value is -1.13. The minimum absolute atomic E-state index is 0.117. The normalized spacial score (nSPS) is 12.9. The maximum Gasteiger partial charge on any atom is 0.110 e. The van der Waals surface area contributed by atoms with Crippen LogP contribution in [0.4, 0.5) is 0 Å². The van der Waals surface area contributed by atoms with Crippen molar-refractivity contribution in [3.8, 4) is 0 Å². The molecule has 0 fully saturated rings. The van der Waals surface area contributed by atoms with Crippen LogP contribution in [0.25, 0.3) is 0 Å². The van der Waals surface area contributed by atoms with Crippen LogP contribution in [0.2, 0.25) is 0 Å². The molecule has 1 atom stereocenters. The lowest BCUT2D eigenvalue weighted by atomic mass is 10.1. The first kappa shape index (κ1) is 10.4. The van der Waals surface area contributed by atoms with Crippen molar-refractivity contribution in [3.05, 3.63) is 40.2 Å². The zero-order chi connectivity index (χ0) is 10.7. The highest BCUT2D eigenvalue weighted by Gasteiger charge is 2.09. The number of rotatable bonds is 4. The molecule has 0 aromatic carbocycles. The fourth-order valence-electron chi connectivity index (χ4n) is 1.29. The van der Waals surface area contributed by atoms with Crippen molar-refractivity contribution >= 4 is 11.3 Å². The predicted octanol–water partition coefficient (Wildman–Crippen LogP) is 2.42. The Kier molecular flexibility index (Phi) is 3.18. The highest BCUT2D eigenvalue weighted by Crippen LogP contribution is 2.20. The van der Waals surface area contributed by atoms with Crippen molar-refractivity contribution in [2.24, 2.45) is 0 Å². The van der Waals surface area contributed by atoms with Gasteiger partial charge in [0.05, 0.1) is 25.0 Å². The van der Waals surface area contributed by atoms with Crippen LogP contribution in [0.1, 0.15) is 29.3 Å². The van der Waals surface area contributed by atoms with Crippen LogP contribution in [-0.4, -0.2) is 16.7 Å². The number of thiazole rings is 1. The van der Waals surface area contributed by atoms with Crippen LogP contribution in [0.15, 0.2) is 28.2 Å². The lowest BCUT2D eigenvalue weighted by molar-refractivity contribution is 0.271. The largest absolute Gasteiger partial charge is 0.469 e. The van der Waals surface area contributed by atoms with Crippen LogP contribution < -0.4 is 0 Å². The third kappa shape index (κ3) is 2.46. The third-order valence-corrected chi connectivity index (χ3v) is 3.12. The summed E-state index contributed by atoms with van der Waals surface area (Å²) in [6.07, 6.45) is 2.40. The van der Waals surface area contributed by atoms with Gasteiger partial charge in [-0.15, -0.1) is 11.3 Å². The zero-order valence-electron chi connectivity index (χ0n) is 8.51. The van der Waals surface area contributed by atoms with Gasteiger partial charge in [0.15, 0.2) is 0 Å². The van der Waals surface area contributed by atoms with Gasteiger partial charge in [0.25, 0.3) is 0 Å². The number of aliphatic hydroxyl groups excluding tert-OH is 1. The second-order valence-electron chi connectivity index (χ2n) is 3.51. The van der Waals surface area contributed by atoms with E-state index >= 15 is 0 Å². The van der Waals surface area contributed by atoms with Crippen molar-refractivity contribution in [1.29, 1.82) is 0 Å². The lowest BCUT2D eigenvalue weighted by Crippen LogP contribution is -1.99. The van der Waals surface area contributed by atoms with E-state index in [1.54, 1.807) is 17.6 Å². The highest BCUT2D eigenvalue weighted by atomic mass is 32.1. The SMILES string of the molecule is CC(CO)c1csc(Cc2ccco2)n1. The first-order valence-electron chi connectivity index (χ1n) is 4.87. The fourth-order valence-corrected chi connectivity index (χ4v) is 2.21. The van der Waals surface area contributed by atoms with Crippen molar-refractivity contribution in [3.63, 3.8) is 0 Å². The molecule has 80 valence electrons. The molecule has 0 aliphatic heterocycles. The maximum absolute atomic E-state index is 9.00. The molecular formula is C11H13NO2S. The van der Waals surface area contributed by atoms with Gasteiger partial charge in [-0.1, -0.05) is 6.92 Å². The molecule has 0 aliphatic carbocycles. The Balaban J connectivity index is 2.07. The van der Waals surface area contributed by atoms with Gasteiger partial charge >= 0.3 is 0 Å². The Morgan fingerprint density at radius 1 is 1.60 bits per heavy atom. The molecule has 0 saturated heterocycles. The Bertz CT molecular complexity index is 408. The molecule has 0 radical (unpaired) electrons. The molecule has 0 aliphatic rings. The number of furan rings is 1. The Labute approximate surface area is 92.4 Å². The van der Waals surface area contributed by atoms with Crippen molar-refractivity contribution in [2.45, 2.75) is 19.3 Å². The summed E-state index contributed by atoms with van der Waals surface area (Å²) in [7, 11) is 0. The first-order chi connectivity index (χ1) is 7.29. The molecule has 1 N–H and O–H groups in total. The molecular weight excluding hydrogens is 210 g/mol. The predicted molar refractivity (Wildman–Crippen MR) is 59.1 cm³/mol. The van der Waals surface area contributed by atoms with Gasteiger partial charge in [-0.2, -0.15) is 0 Å². The monoisotopic (exact) mass is 223 g/mol. The van der Waals surface area contributed by atoms with Crippen LogP contribution in [0.5, 0.6) is 0 Å². The summed E-state index contributed by atoms with van der Waals surface area (Å²) in [6.45, 7) is 2.11. The summed E-state index contributed by atoms with van der Waals surface area (Å²) in [4.78, 5) is 4.45. The van der Waals surface area contributed by atoms with E-state index in [0.29, 0.717) is 0 Å². The minimum Gasteiger partial charge on any atom is -0.469 e. The quantitative estimate of drug-likeness (QED) is 0.865. The smallest absolute Gasteiger partial charge is 0.110 e. The average molecular weight is 223 g/mol. The van der Waals surface area contributed by atoms with E-state index < -0.39 is 0 Å². The molecule has 0 saturated carbocycles. The molecule has 0 bridgehead atoms. The number of aliphatic hydroxyl groups is 1. The molecule has 2 aromatic heterocycles. The van der Waals surface area contributed by atoms with E-state index in [1.807, 2.05) is 24.4 Å². The number of hydrogen-bond donors (Lipinski definition) is 1. The van der Waals surface area contributed by atoms with Crippen molar-refractivity contribution in [1.82, 2.24) is 4.98 Å².